The molecule has 0 saturated heterocycles. The predicted octanol–water partition coefficient (Wildman–Crippen LogP) is 5.18. The molecule has 0 saturated carbocycles. The summed E-state index contributed by atoms with van der Waals surface area (Å²) >= 11 is 1.44. The minimum absolute atomic E-state index is 0.0561. The Bertz CT molecular complexity index is 1110. The molecule has 2 N–H and O–H groups in total. The SMILES string of the molecule is Nc1c(Sc2ccc([N+](=O)[O-])cc2)c(-c2ccccc2)nn1-c1ccccc1. The van der Waals surface area contributed by atoms with Crippen molar-refractivity contribution >= 4 is 23.3 Å². The van der Waals surface area contributed by atoms with E-state index in [-0.39, 0.29) is 5.69 Å². The van der Waals surface area contributed by atoms with Crippen molar-refractivity contribution in [3.8, 4) is 16.9 Å². The molecule has 0 atom stereocenters. The van der Waals surface area contributed by atoms with Gasteiger partial charge in [0.1, 0.15) is 11.5 Å². The highest BCUT2D eigenvalue weighted by Crippen LogP contribution is 2.40. The van der Waals surface area contributed by atoms with Crippen LogP contribution in [0.5, 0.6) is 0 Å². The summed E-state index contributed by atoms with van der Waals surface area (Å²) in [6.45, 7) is 0. The summed E-state index contributed by atoms with van der Waals surface area (Å²) < 4.78 is 1.72. The van der Waals surface area contributed by atoms with E-state index in [2.05, 4.69) is 0 Å². The van der Waals surface area contributed by atoms with E-state index in [1.165, 1.54) is 23.9 Å². The number of nitrogens with two attached hydrogens (primary N) is 1. The van der Waals surface area contributed by atoms with Crippen molar-refractivity contribution in [2.75, 3.05) is 5.73 Å². The summed E-state index contributed by atoms with van der Waals surface area (Å²) in [6.07, 6.45) is 0. The van der Waals surface area contributed by atoms with E-state index in [9.17, 15) is 10.1 Å². The van der Waals surface area contributed by atoms with Crippen LogP contribution in [0.3, 0.4) is 0 Å². The highest BCUT2D eigenvalue weighted by atomic mass is 32.2. The van der Waals surface area contributed by atoms with Gasteiger partial charge in [0.25, 0.3) is 5.69 Å². The number of anilines is 1. The van der Waals surface area contributed by atoms with Crippen LogP contribution in [0, 0.1) is 10.1 Å². The van der Waals surface area contributed by atoms with Gasteiger partial charge in [-0.3, -0.25) is 10.1 Å². The first-order valence-electron chi connectivity index (χ1n) is 8.55. The summed E-state index contributed by atoms with van der Waals surface area (Å²) in [5.74, 6) is 0.522. The Labute approximate surface area is 165 Å². The fourth-order valence-electron chi connectivity index (χ4n) is 2.82. The van der Waals surface area contributed by atoms with Crippen molar-refractivity contribution in [1.29, 1.82) is 0 Å². The Kier molecular flexibility index (Phi) is 4.82. The van der Waals surface area contributed by atoms with Crippen LogP contribution in [0.1, 0.15) is 0 Å². The monoisotopic (exact) mass is 388 g/mol. The zero-order chi connectivity index (χ0) is 19.5. The van der Waals surface area contributed by atoms with E-state index in [4.69, 9.17) is 10.8 Å². The number of benzene rings is 3. The largest absolute Gasteiger partial charge is 0.383 e. The van der Waals surface area contributed by atoms with Gasteiger partial charge in [-0.15, -0.1) is 0 Å². The van der Waals surface area contributed by atoms with Gasteiger partial charge in [0, 0.05) is 22.6 Å². The lowest BCUT2D eigenvalue weighted by Crippen LogP contribution is -2.01. The number of para-hydroxylation sites is 1. The number of hydrogen-bond donors (Lipinski definition) is 1. The van der Waals surface area contributed by atoms with Crippen LogP contribution in [-0.4, -0.2) is 14.7 Å². The standard InChI is InChI=1S/C21H16N4O2S/c22-21-20(28-18-13-11-17(12-14-18)25(26)27)19(15-7-3-1-4-8-15)23-24(21)16-9-5-2-6-10-16/h1-14H,22H2. The number of non-ortho nitro benzene ring substituents is 1. The lowest BCUT2D eigenvalue weighted by Gasteiger charge is -2.05. The quantitative estimate of drug-likeness (QED) is 0.376. The Morgan fingerprint density at radius 2 is 1.50 bits per heavy atom. The predicted molar refractivity (Wildman–Crippen MR) is 111 cm³/mol. The maximum atomic E-state index is 10.9. The molecule has 0 amide bonds. The summed E-state index contributed by atoms with van der Waals surface area (Å²) in [6, 6.07) is 25.9. The fourth-order valence-corrected chi connectivity index (χ4v) is 3.78. The molecule has 4 aromatic rings. The summed E-state index contributed by atoms with van der Waals surface area (Å²) in [5, 5.41) is 15.6. The number of aromatic nitrogens is 2. The maximum absolute atomic E-state index is 10.9. The van der Waals surface area contributed by atoms with Crippen LogP contribution in [-0.2, 0) is 0 Å². The molecule has 1 aromatic heterocycles. The molecule has 7 heteroatoms. The zero-order valence-corrected chi connectivity index (χ0v) is 15.5. The van der Waals surface area contributed by atoms with Gasteiger partial charge in [-0.25, -0.2) is 4.68 Å². The molecule has 0 spiro atoms. The molecule has 1 heterocycles. The van der Waals surface area contributed by atoms with Crippen molar-refractivity contribution in [2.24, 2.45) is 0 Å². The van der Waals surface area contributed by atoms with Crippen molar-refractivity contribution in [3.63, 3.8) is 0 Å². The van der Waals surface area contributed by atoms with E-state index in [1.54, 1.807) is 16.8 Å². The van der Waals surface area contributed by atoms with Gasteiger partial charge in [-0.2, -0.15) is 5.10 Å². The number of nitro benzene ring substituents is 1. The normalized spacial score (nSPS) is 10.7. The number of nitrogen functional groups attached to an aromatic ring is 1. The molecule has 0 aliphatic heterocycles. The topological polar surface area (TPSA) is 87.0 Å². The van der Waals surface area contributed by atoms with Crippen molar-refractivity contribution in [2.45, 2.75) is 9.79 Å². The zero-order valence-electron chi connectivity index (χ0n) is 14.7. The van der Waals surface area contributed by atoms with Crippen molar-refractivity contribution < 1.29 is 4.92 Å². The molecule has 0 fully saturated rings. The molecular formula is C21H16N4O2S. The van der Waals surface area contributed by atoms with E-state index >= 15 is 0 Å². The summed E-state index contributed by atoms with van der Waals surface area (Å²) in [5.41, 5.74) is 9.12. The third kappa shape index (κ3) is 3.47. The third-order valence-electron chi connectivity index (χ3n) is 4.19. The smallest absolute Gasteiger partial charge is 0.269 e. The highest BCUT2D eigenvalue weighted by Gasteiger charge is 2.19. The average molecular weight is 388 g/mol. The molecule has 4 rings (SSSR count). The molecule has 0 unspecified atom stereocenters. The molecule has 3 aromatic carbocycles. The average Bonchev–Trinajstić information content (AvgIpc) is 3.06. The number of nitro groups is 1. The van der Waals surface area contributed by atoms with Crippen LogP contribution >= 0.6 is 11.8 Å². The molecule has 6 nitrogen and oxygen atoms in total. The lowest BCUT2D eigenvalue weighted by atomic mass is 10.1. The van der Waals surface area contributed by atoms with Gasteiger partial charge >= 0.3 is 0 Å². The van der Waals surface area contributed by atoms with Crippen LogP contribution < -0.4 is 5.73 Å². The highest BCUT2D eigenvalue weighted by molar-refractivity contribution is 7.99. The molecular weight excluding hydrogens is 372 g/mol. The third-order valence-corrected chi connectivity index (χ3v) is 5.31. The Morgan fingerprint density at radius 1 is 0.893 bits per heavy atom. The molecule has 0 aliphatic rings. The molecule has 0 aliphatic carbocycles. The Balaban J connectivity index is 1.80. The van der Waals surface area contributed by atoms with E-state index in [0.29, 0.717) is 5.82 Å². The Morgan fingerprint density at radius 3 is 2.11 bits per heavy atom. The molecule has 0 bridgehead atoms. The summed E-state index contributed by atoms with van der Waals surface area (Å²) in [7, 11) is 0. The minimum atomic E-state index is -0.411. The second-order valence-corrected chi connectivity index (χ2v) is 7.11. The second-order valence-electron chi connectivity index (χ2n) is 6.03. The van der Waals surface area contributed by atoms with Crippen molar-refractivity contribution in [1.82, 2.24) is 9.78 Å². The van der Waals surface area contributed by atoms with Gasteiger partial charge in [0.2, 0.25) is 0 Å². The van der Waals surface area contributed by atoms with E-state index in [1.807, 2.05) is 60.7 Å². The minimum Gasteiger partial charge on any atom is -0.383 e. The van der Waals surface area contributed by atoms with Crippen LogP contribution in [0.4, 0.5) is 11.5 Å². The molecule has 138 valence electrons. The summed E-state index contributed by atoms with van der Waals surface area (Å²) in [4.78, 5) is 12.1. The Hall–Kier alpha value is -3.58. The lowest BCUT2D eigenvalue weighted by molar-refractivity contribution is -0.384. The van der Waals surface area contributed by atoms with Gasteiger partial charge < -0.3 is 5.73 Å². The van der Waals surface area contributed by atoms with Crippen LogP contribution in [0.2, 0.25) is 0 Å². The number of nitrogens with zero attached hydrogens (tertiary/aromatic N) is 3. The first kappa shape index (κ1) is 17.8. The first-order chi connectivity index (χ1) is 13.6. The van der Waals surface area contributed by atoms with Gasteiger partial charge in [0.05, 0.1) is 15.5 Å². The van der Waals surface area contributed by atoms with Crippen LogP contribution in [0.15, 0.2) is 94.7 Å². The maximum Gasteiger partial charge on any atom is 0.269 e. The number of hydrogen-bond acceptors (Lipinski definition) is 5. The first-order valence-corrected chi connectivity index (χ1v) is 9.37. The van der Waals surface area contributed by atoms with E-state index in [0.717, 1.165) is 26.7 Å². The van der Waals surface area contributed by atoms with Gasteiger partial charge in [0.15, 0.2) is 0 Å². The van der Waals surface area contributed by atoms with Gasteiger partial charge in [-0.1, -0.05) is 60.3 Å². The van der Waals surface area contributed by atoms with Gasteiger partial charge in [-0.05, 0) is 24.3 Å². The van der Waals surface area contributed by atoms with E-state index < -0.39 is 4.92 Å². The second kappa shape index (κ2) is 7.58. The molecule has 28 heavy (non-hydrogen) atoms. The van der Waals surface area contributed by atoms with Crippen molar-refractivity contribution in [3.05, 3.63) is 95.0 Å². The van der Waals surface area contributed by atoms with Crippen LogP contribution in [0.25, 0.3) is 16.9 Å². The molecule has 0 radical (unpaired) electrons. The number of rotatable bonds is 5. The fraction of sp³-hybridized carbons (Fsp3) is 0.